The Balaban J connectivity index is 1.92. The molecule has 1 saturated heterocycles. The maximum atomic E-state index is 13.0. The number of aromatic nitrogens is 1. The summed E-state index contributed by atoms with van der Waals surface area (Å²) in [7, 11) is -3.94. The number of halogens is 1. The van der Waals surface area contributed by atoms with Gasteiger partial charge in [-0.2, -0.15) is 0 Å². The van der Waals surface area contributed by atoms with Crippen LogP contribution in [-0.4, -0.2) is 30.2 Å². The first-order chi connectivity index (χ1) is 15.2. The van der Waals surface area contributed by atoms with E-state index in [1.807, 2.05) is 0 Å². The number of ketones is 1. The number of carbonyl (C=O) groups excluding carboxylic acids is 2. The fraction of sp³-hybridized carbons (Fsp3) is 0.0455. The van der Waals surface area contributed by atoms with E-state index in [2.05, 4.69) is 4.98 Å². The van der Waals surface area contributed by atoms with Crippen molar-refractivity contribution in [2.75, 3.05) is 4.90 Å². The molecule has 1 amide bonds. The second-order valence-corrected chi connectivity index (χ2v) is 8.97. The molecule has 3 N–H and O–H groups in total. The van der Waals surface area contributed by atoms with Crippen LogP contribution in [0.3, 0.4) is 0 Å². The van der Waals surface area contributed by atoms with Crippen LogP contribution in [0.5, 0.6) is 0 Å². The third-order valence-electron chi connectivity index (χ3n) is 4.95. The number of aliphatic hydroxyl groups is 1. The van der Waals surface area contributed by atoms with E-state index in [1.54, 1.807) is 36.4 Å². The van der Waals surface area contributed by atoms with Crippen molar-refractivity contribution in [2.45, 2.75) is 10.9 Å². The Morgan fingerprint density at radius 2 is 1.75 bits per heavy atom. The molecule has 1 aliphatic rings. The van der Waals surface area contributed by atoms with Crippen molar-refractivity contribution in [3.63, 3.8) is 0 Å². The summed E-state index contributed by atoms with van der Waals surface area (Å²) < 4.78 is 23.2. The molecule has 3 aromatic rings. The summed E-state index contributed by atoms with van der Waals surface area (Å²) in [6.45, 7) is 0. The molecule has 0 radical (unpaired) electrons. The Kier molecular flexibility index (Phi) is 5.55. The van der Waals surface area contributed by atoms with Gasteiger partial charge in [-0.1, -0.05) is 29.8 Å². The lowest BCUT2D eigenvalue weighted by Gasteiger charge is -2.24. The molecule has 1 atom stereocenters. The number of amides is 1. The fourth-order valence-corrected chi connectivity index (χ4v) is 4.21. The molecule has 0 spiro atoms. The van der Waals surface area contributed by atoms with E-state index in [0.29, 0.717) is 10.7 Å². The number of rotatable bonds is 4. The lowest BCUT2D eigenvalue weighted by Crippen LogP contribution is -2.29. The van der Waals surface area contributed by atoms with E-state index < -0.39 is 33.5 Å². The second kappa shape index (κ2) is 8.19. The molecule has 0 bridgehead atoms. The Labute approximate surface area is 188 Å². The highest BCUT2D eigenvalue weighted by molar-refractivity contribution is 7.89. The molecule has 4 rings (SSSR count). The average molecular weight is 470 g/mol. The summed E-state index contributed by atoms with van der Waals surface area (Å²) in [5.74, 6) is -2.20. The van der Waals surface area contributed by atoms with Crippen LogP contribution in [0.25, 0.3) is 5.76 Å². The van der Waals surface area contributed by atoms with Crippen LogP contribution in [-0.2, 0) is 19.6 Å². The van der Waals surface area contributed by atoms with E-state index in [9.17, 15) is 23.1 Å². The summed E-state index contributed by atoms with van der Waals surface area (Å²) in [4.78, 5) is 31.3. The maximum absolute atomic E-state index is 13.0. The number of sulfonamides is 1. The number of pyridine rings is 1. The zero-order valence-corrected chi connectivity index (χ0v) is 17.9. The lowest BCUT2D eigenvalue weighted by molar-refractivity contribution is -0.132. The van der Waals surface area contributed by atoms with Crippen molar-refractivity contribution in [2.24, 2.45) is 5.14 Å². The van der Waals surface area contributed by atoms with Gasteiger partial charge in [0.25, 0.3) is 11.7 Å². The van der Waals surface area contributed by atoms with Crippen molar-refractivity contribution < 1.29 is 23.1 Å². The smallest absolute Gasteiger partial charge is 0.300 e. The molecular weight excluding hydrogens is 454 g/mol. The van der Waals surface area contributed by atoms with E-state index in [-0.39, 0.29) is 21.7 Å². The van der Waals surface area contributed by atoms with Crippen molar-refractivity contribution >= 4 is 44.8 Å². The highest BCUT2D eigenvalue weighted by Gasteiger charge is 2.47. The first-order valence-corrected chi connectivity index (χ1v) is 11.2. The van der Waals surface area contributed by atoms with Crippen molar-refractivity contribution in [3.8, 4) is 0 Å². The zero-order valence-electron chi connectivity index (χ0n) is 16.3. The van der Waals surface area contributed by atoms with Gasteiger partial charge in [0.2, 0.25) is 10.0 Å². The minimum absolute atomic E-state index is 0.147. The van der Waals surface area contributed by atoms with Crippen LogP contribution in [0.15, 0.2) is 83.4 Å². The second-order valence-electron chi connectivity index (χ2n) is 6.97. The molecule has 0 saturated carbocycles. The van der Waals surface area contributed by atoms with E-state index >= 15 is 0 Å². The number of anilines is 1. The van der Waals surface area contributed by atoms with Gasteiger partial charge in [-0.3, -0.25) is 19.5 Å². The molecule has 1 unspecified atom stereocenters. The molecule has 10 heteroatoms. The minimum atomic E-state index is -3.94. The molecule has 1 fully saturated rings. The number of Topliss-reactive ketones (excluding diaryl/α,β-unsaturated/α-hetero) is 1. The molecule has 2 heterocycles. The highest BCUT2D eigenvalue weighted by Crippen LogP contribution is 2.41. The van der Waals surface area contributed by atoms with Crippen molar-refractivity contribution in [1.82, 2.24) is 4.98 Å². The third-order valence-corrected chi connectivity index (χ3v) is 6.12. The summed E-state index contributed by atoms with van der Waals surface area (Å²) in [5, 5.41) is 16.5. The molecule has 162 valence electrons. The third kappa shape index (κ3) is 3.89. The summed E-state index contributed by atoms with van der Waals surface area (Å²) in [6, 6.07) is 15.4. The Morgan fingerprint density at radius 1 is 1.03 bits per heavy atom. The number of carbonyl (C=O) groups is 2. The quantitative estimate of drug-likeness (QED) is 0.343. The van der Waals surface area contributed by atoms with Gasteiger partial charge in [0, 0.05) is 22.5 Å². The predicted octanol–water partition coefficient (Wildman–Crippen LogP) is 3.01. The van der Waals surface area contributed by atoms with Crippen LogP contribution in [0.4, 0.5) is 5.69 Å². The normalized spacial score (nSPS) is 18.2. The SMILES string of the molecule is NS(=O)(=O)c1ccc(N2C(=O)C(=O)/C(=C(/O)c3cccc(Cl)c3)C2c2ccccn2)cc1. The zero-order chi connectivity index (χ0) is 23.0. The van der Waals surface area contributed by atoms with Gasteiger partial charge in [-0.15, -0.1) is 0 Å². The fourth-order valence-electron chi connectivity index (χ4n) is 3.50. The average Bonchev–Trinajstić information content (AvgIpc) is 3.04. The predicted molar refractivity (Wildman–Crippen MR) is 118 cm³/mol. The largest absolute Gasteiger partial charge is 0.507 e. The van der Waals surface area contributed by atoms with E-state index in [4.69, 9.17) is 16.7 Å². The standard InChI is InChI=1S/C22H16ClN3O5S/c23-14-5-3-4-13(12-14)20(27)18-19(17-6-1-2-11-25-17)26(22(29)21(18)28)15-7-9-16(10-8-15)32(24,30)31/h1-12,19,27H,(H2,24,30,31)/b20-18+. The molecule has 2 aromatic carbocycles. The van der Waals surface area contributed by atoms with Gasteiger partial charge >= 0.3 is 0 Å². The van der Waals surface area contributed by atoms with Crippen LogP contribution >= 0.6 is 11.6 Å². The van der Waals surface area contributed by atoms with Gasteiger partial charge in [-0.25, -0.2) is 13.6 Å². The Hall–Kier alpha value is -3.53. The molecule has 32 heavy (non-hydrogen) atoms. The topological polar surface area (TPSA) is 131 Å². The van der Waals surface area contributed by atoms with Crippen molar-refractivity contribution in [3.05, 3.63) is 94.8 Å². The monoisotopic (exact) mass is 469 g/mol. The number of hydrogen-bond acceptors (Lipinski definition) is 6. The van der Waals surface area contributed by atoms with Gasteiger partial charge in [0.15, 0.2) is 0 Å². The first-order valence-electron chi connectivity index (χ1n) is 9.29. The Bertz CT molecular complexity index is 1360. The van der Waals surface area contributed by atoms with E-state index in [1.165, 1.54) is 36.5 Å². The number of aliphatic hydroxyl groups excluding tert-OH is 1. The number of nitrogens with two attached hydrogens (primary N) is 1. The number of benzene rings is 2. The van der Waals surface area contributed by atoms with Gasteiger partial charge in [0.05, 0.1) is 16.2 Å². The van der Waals surface area contributed by atoms with Crippen LogP contribution in [0, 0.1) is 0 Å². The lowest BCUT2D eigenvalue weighted by atomic mass is 9.98. The molecule has 8 nitrogen and oxygen atoms in total. The van der Waals surface area contributed by atoms with E-state index in [0.717, 1.165) is 4.90 Å². The van der Waals surface area contributed by atoms with Crippen LogP contribution in [0.1, 0.15) is 17.3 Å². The highest BCUT2D eigenvalue weighted by atomic mass is 35.5. The number of primary sulfonamides is 1. The Morgan fingerprint density at radius 3 is 2.34 bits per heavy atom. The van der Waals surface area contributed by atoms with Crippen molar-refractivity contribution in [1.29, 1.82) is 0 Å². The van der Waals surface area contributed by atoms with Crippen LogP contribution < -0.4 is 10.0 Å². The molecule has 1 aromatic heterocycles. The summed E-state index contributed by atoms with van der Waals surface area (Å²) in [5.41, 5.74) is 0.679. The number of nitrogens with zero attached hydrogens (tertiary/aromatic N) is 2. The van der Waals surface area contributed by atoms with Gasteiger partial charge < -0.3 is 5.11 Å². The minimum Gasteiger partial charge on any atom is -0.507 e. The summed E-state index contributed by atoms with van der Waals surface area (Å²) in [6.07, 6.45) is 1.50. The maximum Gasteiger partial charge on any atom is 0.300 e. The first kappa shape index (κ1) is 21.7. The molecule has 1 aliphatic heterocycles. The molecule has 0 aliphatic carbocycles. The number of hydrogen-bond donors (Lipinski definition) is 2. The summed E-state index contributed by atoms with van der Waals surface area (Å²) >= 11 is 6.02. The van der Waals surface area contributed by atoms with Gasteiger partial charge in [0.1, 0.15) is 11.8 Å². The molecular formula is C22H16ClN3O5S. The van der Waals surface area contributed by atoms with Gasteiger partial charge in [-0.05, 0) is 48.5 Å². The van der Waals surface area contributed by atoms with Crippen LogP contribution in [0.2, 0.25) is 5.02 Å².